The second kappa shape index (κ2) is 10.1. The van der Waals surface area contributed by atoms with Gasteiger partial charge in [-0.05, 0) is 30.2 Å². The molecule has 148 valence electrons. The molecule has 0 saturated heterocycles. The summed E-state index contributed by atoms with van der Waals surface area (Å²) in [5.74, 6) is -1.11. The molecule has 0 aromatic heterocycles. The topological polar surface area (TPSA) is 70.6 Å². The summed E-state index contributed by atoms with van der Waals surface area (Å²) in [6, 6.07) is 8.73. The van der Waals surface area contributed by atoms with E-state index < -0.39 is 17.9 Å². The lowest BCUT2D eigenvalue weighted by molar-refractivity contribution is -0.123. The Hall–Kier alpha value is -1.79. The van der Waals surface area contributed by atoms with Crippen LogP contribution in [0.15, 0.2) is 41.5 Å². The van der Waals surface area contributed by atoms with E-state index in [9.17, 15) is 9.59 Å². The van der Waals surface area contributed by atoms with E-state index in [1.807, 2.05) is 0 Å². The minimum absolute atomic E-state index is 0.184. The van der Waals surface area contributed by atoms with Gasteiger partial charge in [0.15, 0.2) is 0 Å². The molecular formula is C19H17Cl4N3O2. The van der Waals surface area contributed by atoms with E-state index in [0.717, 1.165) is 0 Å². The molecule has 0 heterocycles. The lowest BCUT2D eigenvalue weighted by Gasteiger charge is -2.20. The van der Waals surface area contributed by atoms with Crippen LogP contribution in [0.5, 0.6) is 0 Å². The van der Waals surface area contributed by atoms with Crippen LogP contribution >= 0.6 is 46.4 Å². The van der Waals surface area contributed by atoms with E-state index in [4.69, 9.17) is 46.4 Å². The molecule has 1 atom stereocenters. The highest BCUT2D eigenvalue weighted by molar-refractivity contribution is 6.43. The molecule has 2 aromatic carbocycles. The van der Waals surface area contributed by atoms with Gasteiger partial charge >= 0.3 is 0 Å². The third kappa shape index (κ3) is 5.85. The van der Waals surface area contributed by atoms with Gasteiger partial charge < -0.3 is 5.32 Å². The minimum atomic E-state index is -0.811. The maximum atomic E-state index is 12.5. The van der Waals surface area contributed by atoms with Crippen molar-refractivity contribution in [2.24, 2.45) is 11.0 Å². The van der Waals surface area contributed by atoms with Crippen molar-refractivity contribution in [3.8, 4) is 0 Å². The van der Waals surface area contributed by atoms with Crippen LogP contribution < -0.4 is 10.7 Å². The van der Waals surface area contributed by atoms with Gasteiger partial charge in [0.05, 0.1) is 26.3 Å². The van der Waals surface area contributed by atoms with Crippen molar-refractivity contribution in [3.63, 3.8) is 0 Å². The fraction of sp³-hybridized carbons (Fsp3) is 0.211. The smallest absolute Gasteiger partial charge is 0.262 e. The van der Waals surface area contributed by atoms with E-state index in [1.54, 1.807) is 32.0 Å². The molecule has 2 rings (SSSR count). The Kier molecular flexibility index (Phi) is 8.13. The minimum Gasteiger partial charge on any atom is -0.340 e. The molecule has 2 aromatic rings. The molecule has 0 radical (unpaired) electrons. The molecule has 0 bridgehead atoms. The molecule has 2 amide bonds. The molecule has 2 N–H and O–H groups in total. The van der Waals surface area contributed by atoms with Crippen LogP contribution in [0.4, 0.5) is 0 Å². The van der Waals surface area contributed by atoms with Gasteiger partial charge in [0.2, 0.25) is 0 Å². The van der Waals surface area contributed by atoms with E-state index in [1.165, 1.54) is 24.4 Å². The van der Waals surface area contributed by atoms with Crippen molar-refractivity contribution in [2.75, 3.05) is 0 Å². The Balaban J connectivity index is 2.07. The van der Waals surface area contributed by atoms with Gasteiger partial charge in [-0.2, -0.15) is 5.10 Å². The summed E-state index contributed by atoms with van der Waals surface area (Å²) in [7, 11) is 0. The van der Waals surface area contributed by atoms with Crippen molar-refractivity contribution in [1.29, 1.82) is 0 Å². The van der Waals surface area contributed by atoms with E-state index >= 15 is 0 Å². The predicted molar refractivity (Wildman–Crippen MR) is 115 cm³/mol. The Morgan fingerprint density at radius 1 is 1.00 bits per heavy atom. The van der Waals surface area contributed by atoms with Gasteiger partial charge in [-0.15, -0.1) is 0 Å². The molecule has 1 unspecified atom stereocenters. The largest absolute Gasteiger partial charge is 0.340 e. The van der Waals surface area contributed by atoms with Crippen LogP contribution in [0.3, 0.4) is 0 Å². The monoisotopic (exact) mass is 459 g/mol. The first-order valence-electron chi connectivity index (χ1n) is 8.23. The number of nitrogens with zero attached hydrogens (tertiary/aromatic N) is 1. The zero-order chi connectivity index (χ0) is 20.8. The lowest BCUT2D eigenvalue weighted by atomic mass is 10.0. The van der Waals surface area contributed by atoms with Gasteiger partial charge in [0, 0.05) is 11.1 Å². The predicted octanol–water partition coefficient (Wildman–Crippen LogP) is 5.20. The average Bonchev–Trinajstić information content (AvgIpc) is 2.64. The van der Waals surface area contributed by atoms with E-state index in [-0.39, 0.29) is 10.9 Å². The van der Waals surface area contributed by atoms with Crippen molar-refractivity contribution in [3.05, 3.63) is 67.6 Å². The maximum absolute atomic E-state index is 12.5. The first-order chi connectivity index (χ1) is 13.2. The highest BCUT2D eigenvalue weighted by Crippen LogP contribution is 2.24. The van der Waals surface area contributed by atoms with Crippen molar-refractivity contribution >= 4 is 64.4 Å². The zero-order valence-corrected chi connectivity index (χ0v) is 18.0. The third-order valence-electron chi connectivity index (χ3n) is 3.78. The van der Waals surface area contributed by atoms with E-state index in [2.05, 4.69) is 15.8 Å². The molecule has 5 nitrogen and oxygen atoms in total. The van der Waals surface area contributed by atoms with Crippen LogP contribution in [0, 0.1) is 5.92 Å². The fourth-order valence-electron chi connectivity index (χ4n) is 2.25. The number of hydrogen-bond acceptors (Lipinski definition) is 3. The Morgan fingerprint density at radius 3 is 2.36 bits per heavy atom. The molecule has 0 fully saturated rings. The van der Waals surface area contributed by atoms with Crippen molar-refractivity contribution in [2.45, 2.75) is 19.9 Å². The summed E-state index contributed by atoms with van der Waals surface area (Å²) >= 11 is 23.8. The number of halogens is 4. The molecule has 0 aliphatic heterocycles. The van der Waals surface area contributed by atoms with Crippen LogP contribution in [-0.4, -0.2) is 24.1 Å². The molecule has 0 aliphatic rings. The number of carbonyl (C=O) groups excluding carboxylic acids is 2. The third-order valence-corrected chi connectivity index (χ3v) is 5.35. The van der Waals surface area contributed by atoms with Crippen LogP contribution in [0.2, 0.25) is 20.1 Å². The number of rotatable bonds is 6. The summed E-state index contributed by atoms with van der Waals surface area (Å²) in [4.78, 5) is 24.9. The standard InChI is InChI=1S/C19H17Cl4N3O2/c1-10(2)17(25-18(27)11-6-7-13(20)15(22)8-11)19(28)26-24-9-12-4-3-5-14(21)16(12)23/h3-10,17H,1-2H3,(H,25,27)(H,26,28). The molecule has 28 heavy (non-hydrogen) atoms. The first kappa shape index (κ1) is 22.5. The molecule has 0 spiro atoms. The quantitative estimate of drug-likeness (QED) is 0.459. The Morgan fingerprint density at radius 2 is 1.71 bits per heavy atom. The van der Waals surface area contributed by atoms with Crippen molar-refractivity contribution in [1.82, 2.24) is 10.7 Å². The number of nitrogens with one attached hydrogen (secondary N) is 2. The number of hydrogen-bond donors (Lipinski definition) is 2. The molecule has 0 aliphatic carbocycles. The van der Waals surface area contributed by atoms with Gasteiger partial charge in [0.1, 0.15) is 6.04 Å². The van der Waals surface area contributed by atoms with Gasteiger partial charge in [0.25, 0.3) is 11.8 Å². The van der Waals surface area contributed by atoms with Crippen LogP contribution in [0.1, 0.15) is 29.8 Å². The zero-order valence-electron chi connectivity index (χ0n) is 15.0. The number of amides is 2. The molecule has 9 heteroatoms. The highest BCUT2D eigenvalue weighted by atomic mass is 35.5. The normalized spacial score (nSPS) is 12.2. The van der Waals surface area contributed by atoms with E-state index in [0.29, 0.717) is 26.2 Å². The SMILES string of the molecule is CC(C)C(NC(=O)c1ccc(Cl)c(Cl)c1)C(=O)NN=Cc1cccc(Cl)c1Cl. The summed E-state index contributed by atoms with van der Waals surface area (Å²) in [5.41, 5.74) is 3.25. The van der Waals surface area contributed by atoms with Crippen LogP contribution in [0.25, 0.3) is 0 Å². The van der Waals surface area contributed by atoms with Crippen LogP contribution in [-0.2, 0) is 4.79 Å². The lowest BCUT2D eigenvalue weighted by Crippen LogP contribution is -2.48. The summed E-state index contributed by atoms with van der Waals surface area (Å²) in [5, 5.41) is 7.87. The summed E-state index contributed by atoms with van der Waals surface area (Å²) < 4.78 is 0. The second-order valence-corrected chi connectivity index (χ2v) is 7.80. The molecule has 0 saturated carbocycles. The van der Waals surface area contributed by atoms with Gasteiger partial charge in [-0.25, -0.2) is 5.43 Å². The van der Waals surface area contributed by atoms with Gasteiger partial charge in [-0.1, -0.05) is 72.4 Å². The number of hydrazone groups is 1. The maximum Gasteiger partial charge on any atom is 0.262 e. The summed E-state index contributed by atoms with van der Waals surface area (Å²) in [6.45, 7) is 3.60. The van der Waals surface area contributed by atoms with Crippen molar-refractivity contribution < 1.29 is 9.59 Å². The van der Waals surface area contributed by atoms with Gasteiger partial charge in [-0.3, -0.25) is 9.59 Å². The first-order valence-corrected chi connectivity index (χ1v) is 9.74. The Bertz CT molecular complexity index is 916. The number of carbonyl (C=O) groups is 2. The fourth-order valence-corrected chi connectivity index (χ4v) is 2.91. The highest BCUT2D eigenvalue weighted by Gasteiger charge is 2.24. The second-order valence-electron chi connectivity index (χ2n) is 6.20. The average molecular weight is 461 g/mol. The summed E-state index contributed by atoms with van der Waals surface area (Å²) in [6.07, 6.45) is 1.38. The Labute approximate surface area is 183 Å². The number of benzene rings is 2. The molecular weight excluding hydrogens is 444 g/mol.